The van der Waals surface area contributed by atoms with Crippen LogP contribution in [0.25, 0.3) is 0 Å². The van der Waals surface area contributed by atoms with E-state index in [1.54, 1.807) is 23.1 Å². The van der Waals surface area contributed by atoms with E-state index < -0.39 is 12.3 Å². The number of hydrogen-bond donors (Lipinski definition) is 3. The molecule has 0 saturated carbocycles. The summed E-state index contributed by atoms with van der Waals surface area (Å²) in [6, 6.07) is 15.1. The molecule has 0 aliphatic carbocycles. The minimum Gasteiger partial charge on any atom is -0.481 e. The van der Waals surface area contributed by atoms with Gasteiger partial charge in [0.2, 0.25) is 5.91 Å². The SMILES string of the molecule is Cc1nnc(SC[C@@H]2C[C@H](c3ccc(CO)cc3)O[C@H](c3ccc(NC(=O)CCCCC(=O)O)cc3)O2)s1. The van der Waals surface area contributed by atoms with Gasteiger partial charge in [-0.1, -0.05) is 59.5 Å². The minimum absolute atomic E-state index is 0.0106. The molecule has 3 aromatic rings. The number of carbonyl (C=O) groups excluding carboxylic acids is 1. The Kier molecular flexibility index (Phi) is 10.2. The number of aromatic nitrogens is 2. The predicted octanol–water partition coefficient (Wildman–Crippen LogP) is 5.26. The Bertz CT molecular complexity index is 1200. The number of carboxylic acids is 1. The van der Waals surface area contributed by atoms with Gasteiger partial charge in [0.15, 0.2) is 10.6 Å². The number of carbonyl (C=O) groups is 2. The largest absolute Gasteiger partial charge is 0.481 e. The van der Waals surface area contributed by atoms with Crippen molar-refractivity contribution in [3.8, 4) is 0 Å². The number of unbranched alkanes of at least 4 members (excludes halogenated alkanes) is 1. The highest BCUT2D eigenvalue weighted by molar-refractivity contribution is 8.01. The molecule has 0 spiro atoms. The van der Waals surface area contributed by atoms with Crippen LogP contribution in [0.15, 0.2) is 52.9 Å². The summed E-state index contributed by atoms with van der Waals surface area (Å²) in [5.41, 5.74) is 3.35. The maximum absolute atomic E-state index is 12.2. The molecule has 2 heterocycles. The highest BCUT2D eigenvalue weighted by atomic mass is 32.2. The van der Waals surface area contributed by atoms with Crippen LogP contribution in [-0.2, 0) is 25.7 Å². The molecule has 1 saturated heterocycles. The first-order valence-electron chi connectivity index (χ1n) is 12.4. The van der Waals surface area contributed by atoms with Gasteiger partial charge in [0, 0.05) is 36.3 Å². The lowest BCUT2D eigenvalue weighted by atomic mass is 10.0. The third kappa shape index (κ3) is 8.34. The summed E-state index contributed by atoms with van der Waals surface area (Å²) in [6.07, 6.45) is 1.15. The van der Waals surface area contributed by atoms with Gasteiger partial charge in [-0.3, -0.25) is 9.59 Å². The monoisotopic (exact) mass is 557 g/mol. The highest BCUT2D eigenvalue weighted by Gasteiger charge is 2.32. The Labute approximate surface area is 229 Å². The summed E-state index contributed by atoms with van der Waals surface area (Å²) in [7, 11) is 0. The van der Waals surface area contributed by atoms with Gasteiger partial charge in [-0.15, -0.1) is 10.2 Å². The topological polar surface area (TPSA) is 131 Å². The van der Waals surface area contributed by atoms with E-state index in [1.807, 2.05) is 55.5 Å². The maximum atomic E-state index is 12.2. The van der Waals surface area contributed by atoms with Crippen molar-refractivity contribution in [3.63, 3.8) is 0 Å². The number of benzene rings is 2. The van der Waals surface area contributed by atoms with Gasteiger partial charge in [-0.2, -0.15) is 0 Å². The van der Waals surface area contributed by atoms with E-state index in [1.165, 1.54) is 0 Å². The third-order valence-corrected chi connectivity index (χ3v) is 8.13. The number of thioether (sulfide) groups is 1. The number of nitrogens with one attached hydrogen (secondary N) is 1. The molecule has 4 rings (SSSR count). The first kappa shape index (κ1) is 28.2. The number of aliphatic hydroxyl groups excluding tert-OH is 1. The van der Waals surface area contributed by atoms with Crippen LogP contribution in [0.1, 0.15) is 66.2 Å². The van der Waals surface area contributed by atoms with Crippen LogP contribution in [0.3, 0.4) is 0 Å². The second-order valence-corrected chi connectivity index (χ2v) is 11.5. The fourth-order valence-electron chi connectivity index (χ4n) is 4.03. The van der Waals surface area contributed by atoms with Gasteiger partial charge in [-0.25, -0.2) is 0 Å². The van der Waals surface area contributed by atoms with E-state index in [0.717, 1.165) is 26.0 Å². The molecule has 0 radical (unpaired) electrons. The molecule has 1 aliphatic rings. The first-order valence-corrected chi connectivity index (χ1v) is 14.2. The van der Waals surface area contributed by atoms with Crippen molar-refractivity contribution in [3.05, 3.63) is 70.2 Å². The average molecular weight is 558 g/mol. The fraction of sp³-hybridized carbons (Fsp3) is 0.407. The number of hydrogen-bond acceptors (Lipinski definition) is 9. The normalized spacial score (nSPS) is 19.3. The molecular formula is C27H31N3O6S2. The molecule has 1 aromatic heterocycles. The van der Waals surface area contributed by atoms with Crippen LogP contribution in [-0.4, -0.2) is 44.1 Å². The van der Waals surface area contributed by atoms with Crippen molar-refractivity contribution in [1.29, 1.82) is 0 Å². The number of aryl methyl sites for hydroxylation is 1. The number of anilines is 1. The van der Waals surface area contributed by atoms with Crippen LogP contribution >= 0.6 is 23.1 Å². The first-order chi connectivity index (χ1) is 18.4. The van der Waals surface area contributed by atoms with Crippen molar-refractivity contribution in [2.75, 3.05) is 11.1 Å². The Morgan fingerprint density at radius 1 is 1.03 bits per heavy atom. The summed E-state index contributed by atoms with van der Waals surface area (Å²) in [5.74, 6) is -0.298. The standard InChI is InChI=1S/C27H31N3O6S2/c1-17-29-30-27(38-17)37-16-22-14-23(19-8-6-18(15-31)7-9-19)36-26(35-22)20-10-12-21(13-11-20)28-24(32)4-2-3-5-25(33)34/h6-13,22-23,26,31H,2-5,14-16H2,1H3,(H,28,32)(H,33,34)/t22-,23+,26+/m0/s1. The van der Waals surface area contributed by atoms with Crippen molar-refractivity contribution in [2.45, 2.75) is 68.5 Å². The van der Waals surface area contributed by atoms with E-state index >= 15 is 0 Å². The van der Waals surface area contributed by atoms with Gasteiger partial charge >= 0.3 is 5.97 Å². The zero-order chi connectivity index (χ0) is 26.9. The molecule has 202 valence electrons. The number of nitrogens with zero attached hydrogens (tertiary/aromatic N) is 2. The minimum atomic E-state index is -0.853. The number of amides is 1. The summed E-state index contributed by atoms with van der Waals surface area (Å²) in [6.45, 7) is 1.92. The number of aliphatic carboxylic acids is 1. The van der Waals surface area contributed by atoms with Gasteiger partial charge in [0.05, 0.1) is 18.8 Å². The Morgan fingerprint density at radius 2 is 1.74 bits per heavy atom. The van der Waals surface area contributed by atoms with E-state index in [9.17, 15) is 14.7 Å². The molecule has 11 heteroatoms. The fourth-order valence-corrected chi connectivity index (χ4v) is 5.89. The number of ether oxygens (including phenoxy) is 2. The average Bonchev–Trinajstić information content (AvgIpc) is 3.35. The zero-order valence-electron chi connectivity index (χ0n) is 21.0. The lowest BCUT2D eigenvalue weighted by molar-refractivity contribution is -0.245. The van der Waals surface area contributed by atoms with E-state index in [0.29, 0.717) is 30.7 Å². The summed E-state index contributed by atoms with van der Waals surface area (Å²) in [5, 5.41) is 30.2. The van der Waals surface area contributed by atoms with Crippen LogP contribution in [0, 0.1) is 6.92 Å². The zero-order valence-corrected chi connectivity index (χ0v) is 22.7. The van der Waals surface area contributed by atoms with Crippen molar-refractivity contribution >= 4 is 40.7 Å². The second kappa shape index (κ2) is 13.8. The smallest absolute Gasteiger partial charge is 0.303 e. The Hall–Kier alpha value is -2.83. The van der Waals surface area contributed by atoms with Crippen LogP contribution in [0.2, 0.25) is 0 Å². The summed E-state index contributed by atoms with van der Waals surface area (Å²) in [4.78, 5) is 22.8. The molecule has 3 atom stereocenters. The molecule has 0 bridgehead atoms. The molecular weight excluding hydrogens is 526 g/mol. The number of rotatable bonds is 12. The predicted molar refractivity (Wildman–Crippen MR) is 145 cm³/mol. The molecule has 1 aliphatic heterocycles. The molecule has 1 fully saturated rings. The van der Waals surface area contributed by atoms with E-state index in [2.05, 4.69) is 15.5 Å². The van der Waals surface area contributed by atoms with Crippen molar-refractivity contribution < 1.29 is 29.3 Å². The summed E-state index contributed by atoms with van der Waals surface area (Å²) < 4.78 is 13.6. The van der Waals surface area contributed by atoms with Gasteiger partial charge in [0.1, 0.15) is 5.01 Å². The van der Waals surface area contributed by atoms with Crippen molar-refractivity contribution in [2.24, 2.45) is 0 Å². The van der Waals surface area contributed by atoms with Crippen LogP contribution in [0.4, 0.5) is 5.69 Å². The second-order valence-electron chi connectivity index (χ2n) is 9.02. The molecule has 2 aromatic carbocycles. The third-order valence-electron chi connectivity index (χ3n) is 6.03. The van der Waals surface area contributed by atoms with E-state index in [4.69, 9.17) is 14.6 Å². The van der Waals surface area contributed by atoms with Crippen molar-refractivity contribution in [1.82, 2.24) is 10.2 Å². The van der Waals surface area contributed by atoms with E-state index in [-0.39, 0.29) is 37.6 Å². The van der Waals surface area contributed by atoms with Crippen LogP contribution < -0.4 is 5.32 Å². The summed E-state index contributed by atoms with van der Waals surface area (Å²) >= 11 is 3.18. The lowest BCUT2D eigenvalue weighted by Gasteiger charge is -2.36. The molecule has 3 N–H and O–H groups in total. The van der Waals surface area contributed by atoms with Gasteiger partial charge < -0.3 is 25.0 Å². The molecule has 9 nitrogen and oxygen atoms in total. The Balaban J connectivity index is 1.41. The van der Waals surface area contributed by atoms with Gasteiger partial charge in [-0.05, 0) is 43.0 Å². The lowest BCUT2D eigenvalue weighted by Crippen LogP contribution is -2.31. The molecule has 38 heavy (non-hydrogen) atoms. The molecule has 0 unspecified atom stereocenters. The molecule has 1 amide bonds. The quantitative estimate of drug-likeness (QED) is 0.202. The Morgan fingerprint density at radius 3 is 2.39 bits per heavy atom. The highest BCUT2D eigenvalue weighted by Crippen LogP contribution is 2.39. The number of carboxylic acid groups (broad SMARTS) is 1. The maximum Gasteiger partial charge on any atom is 0.303 e. The number of aliphatic hydroxyl groups is 1. The van der Waals surface area contributed by atoms with Crippen LogP contribution in [0.5, 0.6) is 0 Å². The van der Waals surface area contributed by atoms with Gasteiger partial charge in [0.25, 0.3) is 0 Å².